The number of hydrogen-bond donors (Lipinski definition) is 1. The minimum absolute atomic E-state index is 0.142. The third-order valence-electron chi connectivity index (χ3n) is 1.18. The van der Waals surface area contributed by atoms with Gasteiger partial charge in [-0.3, -0.25) is 0 Å². The first-order valence-electron chi connectivity index (χ1n) is 2.43. The van der Waals surface area contributed by atoms with Crippen molar-refractivity contribution in [3.8, 4) is 0 Å². The zero-order valence-corrected chi connectivity index (χ0v) is 4.98. The Balaban J connectivity index is 2.39. The Morgan fingerprint density at radius 2 is 2.25 bits per heavy atom. The lowest BCUT2D eigenvalue weighted by molar-refractivity contribution is 0.117. The van der Waals surface area contributed by atoms with Crippen LogP contribution in [-0.4, -0.2) is 34.9 Å². The highest BCUT2D eigenvalue weighted by Gasteiger charge is 2.29. The Bertz CT molecular complexity index is 82.1. The van der Waals surface area contributed by atoms with Crippen LogP contribution in [0.4, 0.5) is 4.39 Å². The van der Waals surface area contributed by atoms with E-state index in [0.717, 1.165) is 0 Å². The molecule has 2 atom stereocenters. The fraction of sp³-hybridized carbons (Fsp3) is 1.00. The molecule has 0 saturated carbocycles. The molecule has 0 amide bonds. The maximum absolute atomic E-state index is 12.2. The Labute approximate surface area is 52.0 Å². The highest BCUT2D eigenvalue weighted by Crippen LogP contribution is 2.14. The molecule has 0 aromatic carbocycles. The molecule has 1 aliphatic rings. The van der Waals surface area contributed by atoms with Gasteiger partial charge in [-0.05, 0) is 11.8 Å². The van der Waals surface area contributed by atoms with Crippen molar-refractivity contribution in [1.82, 2.24) is 4.42 Å². The van der Waals surface area contributed by atoms with Crippen molar-refractivity contribution in [3.63, 3.8) is 0 Å². The van der Waals surface area contributed by atoms with Crippen molar-refractivity contribution < 1.29 is 9.50 Å². The molecule has 1 heterocycles. The van der Waals surface area contributed by atoms with E-state index in [0.29, 0.717) is 0 Å². The lowest BCUT2D eigenvalue weighted by Crippen LogP contribution is -2.17. The van der Waals surface area contributed by atoms with E-state index in [1.807, 2.05) is 0 Å². The number of alkyl halides is 1. The van der Waals surface area contributed by atoms with Gasteiger partial charge >= 0.3 is 0 Å². The van der Waals surface area contributed by atoms with E-state index < -0.39 is 12.3 Å². The predicted molar refractivity (Wildman–Crippen MR) is 28.3 cm³/mol. The van der Waals surface area contributed by atoms with E-state index in [4.69, 9.17) is 16.9 Å². The molecule has 8 heavy (non-hydrogen) atoms. The van der Waals surface area contributed by atoms with Crippen LogP contribution < -0.4 is 0 Å². The van der Waals surface area contributed by atoms with Crippen LogP contribution in [0.25, 0.3) is 0 Å². The number of aliphatic hydroxyl groups is 1. The average Bonchev–Trinajstić information content (AvgIpc) is 1.85. The van der Waals surface area contributed by atoms with Crippen molar-refractivity contribution >= 4 is 11.8 Å². The van der Waals surface area contributed by atoms with Crippen LogP contribution in [0.1, 0.15) is 0 Å². The van der Waals surface area contributed by atoms with Gasteiger partial charge in [0.25, 0.3) is 0 Å². The number of hydrogen-bond acceptors (Lipinski definition) is 2. The van der Waals surface area contributed by atoms with Crippen LogP contribution in [0, 0.1) is 0 Å². The molecule has 1 saturated heterocycles. The van der Waals surface area contributed by atoms with Crippen LogP contribution in [0.2, 0.25) is 0 Å². The molecule has 48 valence electrons. The van der Waals surface area contributed by atoms with Gasteiger partial charge in [-0.25, -0.2) is 8.81 Å². The van der Waals surface area contributed by atoms with Crippen molar-refractivity contribution in [3.05, 3.63) is 0 Å². The van der Waals surface area contributed by atoms with E-state index in [9.17, 15) is 4.39 Å². The van der Waals surface area contributed by atoms with E-state index >= 15 is 0 Å². The molecule has 0 bridgehead atoms. The summed E-state index contributed by atoms with van der Waals surface area (Å²) >= 11 is 5.34. The first-order chi connectivity index (χ1) is 3.70. The van der Waals surface area contributed by atoms with Crippen LogP contribution in [0.15, 0.2) is 0 Å². The number of aliphatic hydroxyl groups excluding tert-OH is 1. The maximum atomic E-state index is 12.2. The standard InChI is InChI=1S/C4H7ClFNO/c5-7-1-3(6)4(8)2-7/h3-4,8H,1-2H2. The summed E-state index contributed by atoms with van der Waals surface area (Å²) < 4.78 is 13.4. The molecular formula is C4H7ClFNO. The molecule has 1 rings (SSSR count). The Hall–Kier alpha value is 0.140. The third-order valence-corrected chi connectivity index (χ3v) is 1.45. The van der Waals surface area contributed by atoms with Crippen LogP contribution in [0.3, 0.4) is 0 Å². The SMILES string of the molecule is OC1CN(Cl)CC1F. The smallest absolute Gasteiger partial charge is 0.141 e. The second-order valence-corrected chi connectivity index (χ2v) is 2.39. The van der Waals surface area contributed by atoms with Crippen LogP contribution >= 0.6 is 11.8 Å². The highest BCUT2D eigenvalue weighted by molar-refractivity contribution is 6.13. The summed E-state index contributed by atoms with van der Waals surface area (Å²) in [6.07, 6.45) is -2.04. The van der Waals surface area contributed by atoms with Gasteiger partial charge < -0.3 is 5.11 Å². The minimum Gasteiger partial charge on any atom is -0.389 e. The summed E-state index contributed by atoms with van der Waals surface area (Å²) in [4.78, 5) is 0. The summed E-state index contributed by atoms with van der Waals surface area (Å²) in [5.41, 5.74) is 0. The van der Waals surface area contributed by atoms with Crippen molar-refractivity contribution in [2.45, 2.75) is 12.3 Å². The monoisotopic (exact) mass is 139 g/mol. The van der Waals surface area contributed by atoms with Gasteiger partial charge in [0, 0.05) is 13.1 Å². The molecule has 0 radical (unpaired) electrons. The van der Waals surface area contributed by atoms with Gasteiger partial charge in [-0.15, -0.1) is 0 Å². The molecule has 0 aliphatic carbocycles. The molecule has 1 aliphatic heterocycles. The predicted octanol–water partition coefficient (Wildman–Crippen LogP) is 0.155. The van der Waals surface area contributed by atoms with Crippen molar-refractivity contribution in [1.29, 1.82) is 0 Å². The first-order valence-corrected chi connectivity index (χ1v) is 2.77. The summed E-state index contributed by atoms with van der Waals surface area (Å²) in [6.45, 7) is 0.380. The summed E-state index contributed by atoms with van der Waals surface area (Å²) in [6, 6.07) is 0. The van der Waals surface area contributed by atoms with Gasteiger partial charge in [0.2, 0.25) is 0 Å². The zero-order chi connectivity index (χ0) is 6.15. The molecule has 0 spiro atoms. The largest absolute Gasteiger partial charge is 0.389 e. The fourth-order valence-corrected chi connectivity index (χ4v) is 0.976. The summed E-state index contributed by atoms with van der Waals surface area (Å²) in [7, 11) is 0. The Morgan fingerprint density at radius 3 is 2.38 bits per heavy atom. The minimum atomic E-state index is -1.16. The number of halogens is 2. The zero-order valence-electron chi connectivity index (χ0n) is 4.22. The van der Waals surface area contributed by atoms with E-state index in [1.54, 1.807) is 0 Å². The Kier molecular flexibility index (Phi) is 1.70. The van der Waals surface area contributed by atoms with Crippen molar-refractivity contribution in [2.24, 2.45) is 0 Å². The normalized spacial score (nSPS) is 40.9. The highest BCUT2D eigenvalue weighted by atomic mass is 35.5. The maximum Gasteiger partial charge on any atom is 0.141 e. The average molecular weight is 140 g/mol. The number of nitrogens with zero attached hydrogens (tertiary/aromatic N) is 1. The molecular weight excluding hydrogens is 133 g/mol. The summed E-state index contributed by atoms with van der Waals surface area (Å²) in [5.74, 6) is 0. The lowest BCUT2D eigenvalue weighted by Gasteiger charge is -1.98. The lowest BCUT2D eigenvalue weighted by atomic mass is 10.3. The van der Waals surface area contributed by atoms with Crippen LogP contribution in [-0.2, 0) is 0 Å². The molecule has 1 fully saturated rings. The molecule has 2 unspecified atom stereocenters. The van der Waals surface area contributed by atoms with E-state index in [2.05, 4.69) is 0 Å². The molecule has 2 nitrogen and oxygen atoms in total. The quantitative estimate of drug-likeness (QED) is 0.483. The first kappa shape index (κ1) is 6.26. The second-order valence-electron chi connectivity index (χ2n) is 1.91. The van der Waals surface area contributed by atoms with Gasteiger partial charge in [0.1, 0.15) is 12.3 Å². The van der Waals surface area contributed by atoms with Crippen LogP contribution in [0.5, 0.6) is 0 Å². The fourth-order valence-electron chi connectivity index (χ4n) is 0.703. The summed E-state index contributed by atoms with van der Waals surface area (Å²) in [5, 5.41) is 8.67. The van der Waals surface area contributed by atoms with E-state index in [1.165, 1.54) is 4.42 Å². The van der Waals surface area contributed by atoms with Gasteiger partial charge in [0.05, 0.1) is 0 Å². The van der Waals surface area contributed by atoms with Gasteiger partial charge in [0.15, 0.2) is 0 Å². The second kappa shape index (κ2) is 2.17. The molecule has 0 aromatic rings. The third kappa shape index (κ3) is 1.10. The van der Waals surface area contributed by atoms with Gasteiger partial charge in [-0.2, -0.15) is 0 Å². The van der Waals surface area contributed by atoms with Crippen molar-refractivity contribution in [2.75, 3.05) is 13.1 Å². The van der Waals surface area contributed by atoms with E-state index in [-0.39, 0.29) is 13.1 Å². The number of rotatable bonds is 0. The molecule has 0 aromatic heterocycles. The van der Waals surface area contributed by atoms with Gasteiger partial charge in [-0.1, -0.05) is 0 Å². The topological polar surface area (TPSA) is 23.5 Å². The molecule has 4 heteroatoms. The molecule has 1 N–H and O–H groups in total. The number of β-amino-alcohol motifs (C(OH)–C–C–N with tert-alkyl or cyclic N) is 1. The Morgan fingerprint density at radius 1 is 1.62 bits per heavy atom.